The second-order valence-corrected chi connectivity index (χ2v) is 10.0. The molecule has 1 rings (SSSR count). The van der Waals surface area contributed by atoms with Crippen LogP contribution in [-0.2, 0) is 28.5 Å². The van der Waals surface area contributed by atoms with E-state index in [1.54, 1.807) is 23.5 Å². The van der Waals surface area contributed by atoms with Crippen molar-refractivity contribution in [2.24, 2.45) is 5.41 Å². The lowest BCUT2D eigenvalue weighted by Gasteiger charge is -2.29. The molecule has 11 nitrogen and oxygen atoms in total. The molecule has 1 unspecified atom stereocenters. The summed E-state index contributed by atoms with van der Waals surface area (Å²) in [5.74, 6) is 2.04. The van der Waals surface area contributed by atoms with Gasteiger partial charge >= 0.3 is 24.1 Å². The van der Waals surface area contributed by atoms with Gasteiger partial charge in [0.1, 0.15) is 31.3 Å². The molecule has 0 spiro atoms. The number of hydrogen-bond donors (Lipinski definition) is 3. The van der Waals surface area contributed by atoms with Gasteiger partial charge in [-0.3, -0.25) is 4.79 Å². The number of hydrogen-bond acceptors (Lipinski definition) is 11. The Balaban J connectivity index is 2.65. The van der Waals surface area contributed by atoms with E-state index in [0.717, 1.165) is 17.9 Å². The van der Waals surface area contributed by atoms with Crippen LogP contribution in [-0.4, -0.2) is 97.9 Å². The van der Waals surface area contributed by atoms with E-state index in [4.69, 9.17) is 24.1 Å². The summed E-state index contributed by atoms with van der Waals surface area (Å²) in [6.07, 6.45) is -0.886. The zero-order chi connectivity index (χ0) is 25.4. The molecule has 194 valence electrons. The molecular formula is C21H34N2O9S2. The standard InChI is InChI=1S/C21H34N2O9S2/c1-15(2)17(25)29-8-6-23-20(28)31-14-21(3,13-30-19(27)22-5-7-24)18(26)32-16-11-33-9-4-10-34-12-16/h16,24H,1,4-14H2,2-3H3,(H,22,27)(H,23,28). The number of esters is 2. The lowest BCUT2D eigenvalue weighted by atomic mass is 9.93. The van der Waals surface area contributed by atoms with Gasteiger partial charge in [-0.05, 0) is 31.8 Å². The highest BCUT2D eigenvalue weighted by atomic mass is 32.2. The highest BCUT2D eigenvalue weighted by Crippen LogP contribution is 2.24. The molecule has 3 N–H and O–H groups in total. The molecule has 0 aromatic rings. The fourth-order valence-corrected chi connectivity index (χ4v) is 4.65. The van der Waals surface area contributed by atoms with E-state index in [0.29, 0.717) is 11.5 Å². The fraction of sp³-hybridized carbons (Fsp3) is 0.714. The van der Waals surface area contributed by atoms with Crippen LogP contribution in [0.5, 0.6) is 0 Å². The first-order valence-corrected chi connectivity index (χ1v) is 13.1. The molecule has 0 aromatic carbocycles. The molecule has 1 aliphatic rings. The molecule has 0 aromatic heterocycles. The monoisotopic (exact) mass is 522 g/mol. The Morgan fingerprint density at radius 2 is 1.56 bits per heavy atom. The number of nitrogens with one attached hydrogen (secondary N) is 2. The molecule has 1 saturated heterocycles. The van der Waals surface area contributed by atoms with Crippen molar-refractivity contribution >= 4 is 47.6 Å². The van der Waals surface area contributed by atoms with Crippen LogP contribution < -0.4 is 10.6 Å². The Kier molecular flexibility index (Phi) is 14.5. The normalized spacial score (nSPS) is 16.1. The van der Waals surface area contributed by atoms with E-state index >= 15 is 0 Å². The summed E-state index contributed by atoms with van der Waals surface area (Å²) in [7, 11) is 0. The number of thioether (sulfide) groups is 2. The smallest absolute Gasteiger partial charge is 0.407 e. The van der Waals surface area contributed by atoms with Crippen molar-refractivity contribution in [2.75, 3.05) is 62.5 Å². The molecule has 13 heteroatoms. The van der Waals surface area contributed by atoms with Gasteiger partial charge < -0.3 is 34.7 Å². The minimum atomic E-state index is -1.46. The maximum Gasteiger partial charge on any atom is 0.407 e. The summed E-state index contributed by atoms with van der Waals surface area (Å²) in [6, 6.07) is 0. The molecule has 0 saturated carbocycles. The maximum atomic E-state index is 13.0. The quantitative estimate of drug-likeness (QED) is 0.147. The lowest BCUT2D eigenvalue weighted by molar-refractivity contribution is -0.163. The average molecular weight is 523 g/mol. The summed E-state index contributed by atoms with van der Waals surface area (Å²) in [5.41, 5.74) is -1.22. The Bertz CT molecular complexity index is 700. The van der Waals surface area contributed by atoms with Gasteiger partial charge in [-0.15, -0.1) is 0 Å². The predicted octanol–water partition coefficient (Wildman–Crippen LogP) is 1.34. The largest absolute Gasteiger partial charge is 0.460 e. The van der Waals surface area contributed by atoms with Gasteiger partial charge in [0.15, 0.2) is 0 Å². The fourth-order valence-electron chi connectivity index (χ4n) is 2.39. The Labute approximate surface area is 208 Å². The van der Waals surface area contributed by atoms with Crippen LogP contribution in [0.1, 0.15) is 20.3 Å². The third kappa shape index (κ3) is 12.4. The second kappa shape index (κ2) is 16.5. The summed E-state index contributed by atoms with van der Waals surface area (Å²) in [5, 5.41) is 13.5. The van der Waals surface area contributed by atoms with Crippen molar-refractivity contribution < 1.29 is 43.2 Å². The molecule has 2 amide bonds. The third-order valence-corrected chi connectivity index (χ3v) is 6.70. The molecule has 1 aliphatic heterocycles. The van der Waals surface area contributed by atoms with E-state index < -0.39 is 42.8 Å². The van der Waals surface area contributed by atoms with E-state index in [2.05, 4.69) is 17.2 Å². The van der Waals surface area contributed by atoms with Crippen molar-refractivity contribution in [2.45, 2.75) is 26.4 Å². The topological polar surface area (TPSA) is 149 Å². The van der Waals surface area contributed by atoms with E-state index in [-0.39, 0.29) is 38.0 Å². The number of aliphatic hydroxyl groups excluding tert-OH is 1. The van der Waals surface area contributed by atoms with Crippen LogP contribution in [0.15, 0.2) is 12.2 Å². The molecule has 0 aliphatic carbocycles. The molecule has 0 radical (unpaired) electrons. The zero-order valence-electron chi connectivity index (χ0n) is 19.6. The third-order valence-electron chi connectivity index (χ3n) is 4.33. The molecule has 34 heavy (non-hydrogen) atoms. The highest BCUT2D eigenvalue weighted by Gasteiger charge is 2.40. The highest BCUT2D eigenvalue weighted by molar-refractivity contribution is 8.00. The van der Waals surface area contributed by atoms with E-state index in [1.165, 1.54) is 13.8 Å². The number of rotatable bonds is 12. The maximum absolute atomic E-state index is 13.0. The summed E-state index contributed by atoms with van der Waals surface area (Å²) in [6.45, 7) is 5.26. The predicted molar refractivity (Wildman–Crippen MR) is 129 cm³/mol. The minimum absolute atomic E-state index is 0.00436. The summed E-state index contributed by atoms with van der Waals surface area (Å²) in [4.78, 5) is 48.2. The van der Waals surface area contributed by atoms with Crippen molar-refractivity contribution in [3.05, 3.63) is 12.2 Å². The number of aliphatic hydroxyl groups is 1. The number of alkyl carbamates (subject to hydrolysis) is 2. The van der Waals surface area contributed by atoms with Gasteiger partial charge in [0.05, 0.1) is 13.2 Å². The van der Waals surface area contributed by atoms with Crippen molar-refractivity contribution in [1.82, 2.24) is 10.6 Å². The Morgan fingerprint density at radius 1 is 1.00 bits per heavy atom. The average Bonchev–Trinajstić information content (AvgIpc) is 2.79. The van der Waals surface area contributed by atoms with E-state index in [1.807, 2.05) is 0 Å². The van der Waals surface area contributed by atoms with Crippen LogP contribution in [0.2, 0.25) is 0 Å². The van der Waals surface area contributed by atoms with E-state index in [9.17, 15) is 19.2 Å². The van der Waals surface area contributed by atoms with Crippen LogP contribution in [0.25, 0.3) is 0 Å². The van der Waals surface area contributed by atoms with Gasteiger partial charge in [-0.2, -0.15) is 23.5 Å². The van der Waals surface area contributed by atoms with Crippen LogP contribution in [0, 0.1) is 5.41 Å². The summed E-state index contributed by atoms with van der Waals surface area (Å²) < 4.78 is 20.8. The molecule has 1 fully saturated rings. The summed E-state index contributed by atoms with van der Waals surface area (Å²) >= 11 is 3.41. The van der Waals surface area contributed by atoms with Crippen LogP contribution in [0.4, 0.5) is 9.59 Å². The number of amides is 2. The minimum Gasteiger partial charge on any atom is -0.460 e. The molecular weight excluding hydrogens is 488 g/mol. The molecule has 0 bridgehead atoms. The number of carbonyl (C=O) groups excluding carboxylic acids is 4. The Morgan fingerprint density at radius 3 is 2.09 bits per heavy atom. The first-order valence-electron chi connectivity index (χ1n) is 10.8. The van der Waals surface area contributed by atoms with Crippen molar-refractivity contribution in [3.8, 4) is 0 Å². The van der Waals surface area contributed by atoms with Gasteiger partial charge in [0.2, 0.25) is 0 Å². The first-order chi connectivity index (χ1) is 16.2. The van der Waals surface area contributed by atoms with Crippen molar-refractivity contribution in [3.63, 3.8) is 0 Å². The van der Waals surface area contributed by atoms with Gasteiger partial charge in [0, 0.05) is 23.6 Å². The lowest BCUT2D eigenvalue weighted by Crippen LogP contribution is -2.44. The van der Waals surface area contributed by atoms with Crippen molar-refractivity contribution in [1.29, 1.82) is 0 Å². The SMILES string of the molecule is C=C(C)C(=O)OCCNC(=O)OCC(C)(COC(=O)NCCO)C(=O)OC1CSCCCSC1. The number of carbonyl (C=O) groups is 4. The first kappa shape index (κ1) is 29.9. The van der Waals surface area contributed by atoms with Crippen LogP contribution >= 0.6 is 23.5 Å². The molecule has 1 atom stereocenters. The van der Waals surface area contributed by atoms with Crippen LogP contribution in [0.3, 0.4) is 0 Å². The Hall–Kier alpha value is -2.12. The second-order valence-electron chi connectivity index (χ2n) is 7.74. The van der Waals surface area contributed by atoms with Gasteiger partial charge in [0.25, 0.3) is 0 Å². The molecule has 1 heterocycles. The van der Waals surface area contributed by atoms with Gasteiger partial charge in [-0.1, -0.05) is 6.58 Å². The number of ether oxygens (including phenoxy) is 4. The zero-order valence-corrected chi connectivity index (χ0v) is 21.2. The van der Waals surface area contributed by atoms with Gasteiger partial charge in [-0.25, -0.2) is 14.4 Å².